The third-order valence-corrected chi connectivity index (χ3v) is 4.63. The summed E-state index contributed by atoms with van der Waals surface area (Å²) in [6.45, 7) is 0.371. The van der Waals surface area contributed by atoms with Gasteiger partial charge in [0, 0.05) is 5.41 Å². The van der Waals surface area contributed by atoms with Gasteiger partial charge in [-0.2, -0.15) is 0 Å². The minimum absolute atomic E-state index is 0.0300. The second kappa shape index (κ2) is 6.34. The van der Waals surface area contributed by atoms with Crippen molar-refractivity contribution in [2.24, 2.45) is 0 Å². The molecule has 1 aliphatic rings. The van der Waals surface area contributed by atoms with Gasteiger partial charge in [-0.05, 0) is 35.9 Å². The molecule has 1 heterocycles. The first-order chi connectivity index (χ1) is 10.6. The standard InChI is InChI=1S/C17H16O4S/c18-22(19)11-10-17(13-22)20-12-14-6-8-16(9-7-14)21-15-4-2-1-3-5-15/h1-11,17H,12-13H2. The summed E-state index contributed by atoms with van der Waals surface area (Å²) in [4.78, 5) is 0. The lowest BCUT2D eigenvalue weighted by molar-refractivity contribution is 0.0876. The number of para-hydroxylation sites is 1. The number of rotatable bonds is 5. The topological polar surface area (TPSA) is 52.6 Å². The maximum absolute atomic E-state index is 11.3. The fourth-order valence-electron chi connectivity index (χ4n) is 2.13. The predicted molar refractivity (Wildman–Crippen MR) is 84.5 cm³/mol. The Hall–Kier alpha value is -2.11. The van der Waals surface area contributed by atoms with Crippen molar-refractivity contribution in [3.63, 3.8) is 0 Å². The summed E-state index contributed by atoms with van der Waals surface area (Å²) in [5.41, 5.74) is 0.970. The minimum Gasteiger partial charge on any atom is -0.457 e. The van der Waals surface area contributed by atoms with Gasteiger partial charge in [-0.3, -0.25) is 0 Å². The van der Waals surface area contributed by atoms with E-state index in [0.29, 0.717) is 6.61 Å². The van der Waals surface area contributed by atoms with Crippen LogP contribution in [0, 0.1) is 0 Å². The van der Waals surface area contributed by atoms with Crippen molar-refractivity contribution >= 4 is 9.84 Å². The molecule has 4 nitrogen and oxygen atoms in total. The van der Waals surface area contributed by atoms with Crippen LogP contribution in [0.1, 0.15) is 5.56 Å². The summed E-state index contributed by atoms with van der Waals surface area (Å²) in [5.74, 6) is 1.56. The lowest BCUT2D eigenvalue weighted by atomic mass is 10.2. The molecule has 0 spiro atoms. The van der Waals surface area contributed by atoms with E-state index in [2.05, 4.69) is 0 Å². The summed E-state index contributed by atoms with van der Waals surface area (Å²) in [6.07, 6.45) is 1.23. The molecule has 0 saturated heterocycles. The van der Waals surface area contributed by atoms with E-state index in [1.54, 1.807) is 6.08 Å². The monoisotopic (exact) mass is 316 g/mol. The summed E-state index contributed by atoms with van der Waals surface area (Å²) < 4.78 is 33.9. The largest absolute Gasteiger partial charge is 0.457 e. The minimum atomic E-state index is -3.07. The first-order valence-corrected chi connectivity index (χ1v) is 8.67. The molecule has 1 unspecified atom stereocenters. The Labute approximate surface area is 129 Å². The maximum atomic E-state index is 11.3. The van der Waals surface area contributed by atoms with Gasteiger partial charge in [-0.1, -0.05) is 30.3 Å². The smallest absolute Gasteiger partial charge is 0.174 e. The van der Waals surface area contributed by atoms with Crippen molar-refractivity contribution < 1.29 is 17.9 Å². The first-order valence-electron chi connectivity index (χ1n) is 6.95. The third kappa shape index (κ3) is 3.96. The van der Waals surface area contributed by atoms with Crippen LogP contribution in [-0.4, -0.2) is 20.3 Å². The first kappa shape index (κ1) is 14.8. The van der Waals surface area contributed by atoms with E-state index in [-0.39, 0.29) is 11.9 Å². The van der Waals surface area contributed by atoms with Crippen LogP contribution >= 0.6 is 0 Å². The predicted octanol–water partition coefficient (Wildman–Crippen LogP) is 3.31. The Morgan fingerprint density at radius 3 is 2.27 bits per heavy atom. The van der Waals surface area contributed by atoms with Gasteiger partial charge in [0.05, 0.1) is 18.5 Å². The van der Waals surface area contributed by atoms with E-state index in [9.17, 15) is 8.42 Å². The Morgan fingerprint density at radius 1 is 0.955 bits per heavy atom. The zero-order valence-electron chi connectivity index (χ0n) is 11.9. The molecular weight excluding hydrogens is 300 g/mol. The second-order valence-corrected chi connectivity index (χ2v) is 7.00. The summed E-state index contributed by atoms with van der Waals surface area (Å²) in [5, 5.41) is 1.22. The molecule has 0 bridgehead atoms. The van der Waals surface area contributed by atoms with Crippen LogP contribution in [0.4, 0.5) is 0 Å². The lowest BCUT2D eigenvalue weighted by Gasteiger charge is -2.10. The van der Waals surface area contributed by atoms with Crippen LogP contribution in [0.5, 0.6) is 11.5 Å². The number of ether oxygens (including phenoxy) is 2. The maximum Gasteiger partial charge on any atom is 0.174 e. The molecule has 0 fully saturated rings. The highest BCUT2D eigenvalue weighted by molar-refractivity contribution is 7.94. The van der Waals surface area contributed by atoms with Crippen molar-refractivity contribution in [2.45, 2.75) is 12.7 Å². The SMILES string of the molecule is O=S1(=O)C=CC(OCc2ccc(Oc3ccccc3)cc2)C1. The molecule has 1 aliphatic heterocycles. The number of sulfone groups is 1. The quantitative estimate of drug-likeness (QED) is 0.849. The number of hydrogen-bond donors (Lipinski definition) is 0. The van der Waals surface area contributed by atoms with Crippen molar-refractivity contribution in [2.75, 3.05) is 5.75 Å². The van der Waals surface area contributed by atoms with Gasteiger partial charge in [-0.15, -0.1) is 0 Å². The molecule has 0 aliphatic carbocycles. The molecule has 5 heteroatoms. The van der Waals surface area contributed by atoms with Gasteiger partial charge in [-0.25, -0.2) is 8.42 Å². The number of hydrogen-bond acceptors (Lipinski definition) is 4. The fourth-order valence-corrected chi connectivity index (χ4v) is 3.32. The molecule has 2 aromatic carbocycles. The van der Waals surface area contributed by atoms with E-state index < -0.39 is 9.84 Å². The van der Waals surface area contributed by atoms with Gasteiger partial charge in [0.1, 0.15) is 11.5 Å². The summed E-state index contributed by atoms with van der Waals surface area (Å²) in [6, 6.07) is 17.1. The Morgan fingerprint density at radius 2 is 1.64 bits per heavy atom. The number of benzene rings is 2. The molecule has 22 heavy (non-hydrogen) atoms. The van der Waals surface area contributed by atoms with E-state index in [1.807, 2.05) is 54.6 Å². The third-order valence-electron chi connectivity index (χ3n) is 3.26. The van der Waals surface area contributed by atoms with Gasteiger partial charge < -0.3 is 9.47 Å². The van der Waals surface area contributed by atoms with E-state index in [0.717, 1.165) is 17.1 Å². The van der Waals surface area contributed by atoms with Crippen molar-refractivity contribution in [3.05, 3.63) is 71.6 Å². The normalized spacial score (nSPS) is 19.2. The molecule has 3 rings (SSSR count). The Bertz CT molecular complexity index is 749. The van der Waals surface area contributed by atoms with Gasteiger partial charge in [0.2, 0.25) is 0 Å². The summed E-state index contributed by atoms with van der Waals surface area (Å²) >= 11 is 0. The van der Waals surface area contributed by atoms with Crippen molar-refractivity contribution in [3.8, 4) is 11.5 Å². The highest BCUT2D eigenvalue weighted by atomic mass is 32.2. The van der Waals surface area contributed by atoms with Crippen molar-refractivity contribution in [1.82, 2.24) is 0 Å². The van der Waals surface area contributed by atoms with Gasteiger partial charge >= 0.3 is 0 Å². The lowest BCUT2D eigenvalue weighted by Crippen LogP contribution is -2.14. The van der Waals surface area contributed by atoms with Gasteiger partial charge in [0.25, 0.3) is 0 Å². The van der Waals surface area contributed by atoms with E-state index in [1.165, 1.54) is 5.41 Å². The van der Waals surface area contributed by atoms with Crippen LogP contribution in [0.3, 0.4) is 0 Å². The van der Waals surface area contributed by atoms with E-state index in [4.69, 9.17) is 9.47 Å². The average molecular weight is 316 g/mol. The van der Waals surface area contributed by atoms with Crippen LogP contribution in [-0.2, 0) is 21.2 Å². The van der Waals surface area contributed by atoms with Crippen molar-refractivity contribution in [1.29, 1.82) is 0 Å². The van der Waals surface area contributed by atoms with Gasteiger partial charge in [0.15, 0.2) is 9.84 Å². The Kier molecular flexibility index (Phi) is 4.27. The second-order valence-electron chi connectivity index (χ2n) is 5.07. The molecule has 0 amide bonds. The molecule has 114 valence electrons. The molecule has 0 saturated carbocycles. The molecule has 0 N–H and O–H groups in total. The van der Waals surface area contributed by atoms with Crippen LogP contribution in [0.25, 0.3) is 0 Å². The zero-order valence-corrected chi connectivity index (χ0v) is 12.7. The Balaban J connectivity index is 1.55. The van der Waals surface area contributed by atoms with Crippen LogP contribution in [0.15, 0.2) is 66.1 Å². The average Bonchev–Trinajstić information content (AvgIpc) is 2.87. The molecule has 0 aromatic heterocycles. The highest BCUT2D eigenvalue weighted by Gasteiger charge is 2.21. The van der Waals surface area contributed by atoms with E-state index >= 15 is 0 Å². The summed E-state index contributed by atoms with van der Waals surface area (Å²) in [7, 11) is -3.07. The zero-order chi connectivity index (χ0) is 15.4. The van der Waals surface area contributed by atoms with Crippen LogP contribution in [0.2, 0.25) is 0 Å². The fraction of sp³-hybridized carbons (Fsp3) is 0.176. The molecular formula is C17H16O4S. The molecule has 1 atom stereocenters. The van der Waals surface area contributed by atoms with Crippen LogP contribution < -0.4 is 4.74 Å². The molecule has 2 aromatic rings. The highest BCUT2D eigenvalue weighted by Crippen LogP contribution is 2.22. The molecule has 0 radical (unpaired) electrons.